The van der Waals surface area contributed by atoms with Gasteiger partial charge in [0.2, 0.25) is 0 Å². The van der Waals surface area contributed by atoms with Gasteiger partial charge in [0.15, 0.2) is 0 Å². The first kappa shape index (κ1) is 11.3. The third kappa shape index (κ3) is 2.18. The zero-order chi connectivity index (χ0) is 10.9. The number of phenols is 1. The van der Waals surface area contributed by atoms with Gasteiger partial charge in [-0.1, -0.05) is 15.9 Å². The molecular formula is C7H3BrClNO3S. The molecule has 0 aliphatic rings. The second kappa shape index (κ2) is 3.77. The smallest absolute Gasteiger partial charge is 0.266 e. The van der Waals surface area contributed by atoms with Gasteiger partial charge in [-0.3, -0.25) is 0 Å². The van der Waals surface area contributed by atoms with Crippen molar-refractivity contribution in [2.45, 2.75) is 4.90 Å². The summed E-state index contributed by atoms with van der Waals surface area (Å²) >= 11 is 3.01. The summed E-state index contributed by atoms with van der Waals surface area (Å²) in [6.07, 6.45) is 0. The second-order valence-electron chi connectivity index (χ2n) is 2.35. The minimum absolute atomic E-state index is 0.202. The number of phenolic OH excluding ortho intramolecular Hbond substituents is 1. The minimum Gasteiger partial charge on any atom is -0.506 e. The fraction of sp³-hybridized carbons (Fsp3) is 0. The number of nitriles is 1. The Labute approximate surface area is 93.3 Å². The van der Waals surface area contributed by atoms with E-state index in [0.29, 0.717) is 4.47 Å². The van der Waals surface area contributed by atoms with E-state index in [0.717, 1.165) is 6.07 Å². The number of rotatable bonds is 1. The zero-order valence-electron chi connectivity index (χ0n) is 6.53. The maximum Gasteiger partial charge on any atom is 0.266 e. The average Bonchev–Trinajstić information content (AvgIpc) is 1.99. The summed E-state index contributed by atoms with van der Waals surface area (Å²) < 4.78 is 22.4. The lowest BCUT2D eigenvalue weighted by Crippen LogP contribution is -1.95. The van der Waals surface area contributed by atoms with E-state index in [9.17, 15) is 13.5 Å². The van der Waals surface area contributed by atoms with Crippen molar-refractivity contribution in [3.05, 3.63) is 22.2 Å². The first-order chi connectivity index (χ1) is 6.36. The van der Waals surface area contributed by atoms with Gasteiger partial charge in [-0.05, 0) is 12.1 Å². The van der Waals surface area contributed by atoms with E-state index in [-0.39, 0.29) is 5.56 Å². The van der Waals surface area contributed by atoms with E-state index in [1.165, 1.54) is 6.07 Å². The van der Waals surface area contributed by atoms with Crippen LogP contribution in [-0.4, -0.2) is 13.5 Å². The maximum absolute atomic E-state index is 11.0. The van der Waals surface area contributed by atoms with Crippen molar-refractivity contribution in [3.63, 3.8) is 0 Å². The van der Waals surface area contributed by atoms with E-state index in [1.807, 2.05) is 0 Å². The van der Waals surface area contributed by atoms with Crippen LogP contribution in [0.3, 0.4) is 0 Å². The molecule has 0 atom stereocenters. The van der Waals surface area contributed by atoms with Gasteiger partial charge in [0, 0.05) is 15.2 Å². The van der Waals surface area contributed by atoms with Gasteiger partial charge >= 0.3 is 0 Å². The molecule has 0 spiro atoms. The van der Waals surface area contributed by atoms with Crippen LogP contribution < -0.4 is 0 Å². The lowest BCUT2D eigenvalue weighted by Gasteiger charge is -2.03. The van der Waals surface area contributed by atoms with Crippen molar-refractivity contribution in [2.75, 3.05) is 0 Å². The highest BCUT2D eigenvalue weighted by molar-refractivity contribution is 9.10. The SMILES string of the molecule is N#Cc1cc(Br)cc(O)c1S(=O)(=O)Cl. The predicted octanol–water partition coefficient (Wildman–Crippen LogP) is 1.95. The molecule has 1 rings (SSSR count). The largest absolute Gasteiger partial charge is 0.506 e. The molecule has 7 heteroatoms. The van der Waals surface area contributed by atoms with Crippen LogP contribution >= 0.6 is 26.6 Å². The zero-order valence-corrected chi connectivity index (χ0v) is 9.69. The van der Waals surface area contributed by atoms with Gasteiger partial charge < -0.3 is 5.11 Å². The molecule has 0 radical (unpaired) electrons. The van der Waals surface area contributed by atoms with Crippen molar-refractivity contribution in [1.29, 1.82) is 5.26 Å². The van der Waals surface area contributed by atoms with Crippen LogP contribution in [0, 0.1) is 11.3 Å². The second-order valence-corrected chi connectivity index (χ2v) is 5.77. The molecule has 14 heavy (non-hydrogen) atoms. The summed E-state index contributed by atoms with van der Waals surface area (Å²) in [6, 6.07) is 4.04. The number of halogens is 2. The first-order valence-electron chi connectivity index (χ1n) is 3.23. The van der Waals surface area contributed by atoms with Crippen LogP contribution in [0.5, 0.6) is 5.75 Å². The summed E-state index contributed by atoms with van der Waals surface area (Å²) in [5.74, 6) is -0.550. The number of benzene rings is 1. The fourth-order valence-electron chi connectivity index (χ4n) is 0.919. The molecule has 0 amide bonds. The van der Waals surface area contributed by atoms with Crippen molar-refractivity contribution in [2.24, 2.45) is 0 Å². The summed E-state index contributed by atoms with van der Waals surface area (Å²) in [6.45, 7) is 0. The molecule has 1 aromatic carbocycles. The summed E-state index contributed by atoms with van der Waals surface area (Å²) in [4.78, 5) is -0.565. The third-order valence-corrected chi connectivity index (χ3v) is 3.24. The molecule has 4 nitrogen and oxygen atoms in total. The van der Waals surface area contributed by atoms with E-state index in [2.05, 4.69) is 15.9 Å². The minimum atomic E-state index is -4.11. The topological polar surface area (TPSA) is 78.2 Å². The van der Waals surface area contributed by atoms with Gasteiger partial charge in [-0.2, -0.15) is 5.26 Å². The Morgan fingerprint density at radius 1 is 1.50 bits per heavy atom. The van der Waals surface area contributed by atoms with E-state index >= 15 is 0 Å². The van der Waals surface area contributed by atoms with Gasteiger partial charge in [0.1, 0.15) is 16.7 Å². The molecular weight excluding hydrogens is 294 g/mol. The number of hydrogen-bond acceptors (Lipinski definition) is 4. The normalized spacial score (nSPS) is 10.9. The Bertz CT molecular complexity index is 520. The molecule has 0 aliphatic heterocycles. The van der Waals surface area contributed by atoms with Gasteiger partial charge in [0.05, 0.1) is 5.56 Å². The third-order valence-electron chi connectivity index (χ3n) is 1.40. The monoisotopic (exact) mass is 295 g/mol. The Hall–Kier alpha value is -0.770. The Morgan fingerprint density at radius 3 is 2.50 bits per heavy atom. The van der Waals surface area contributed by atoms with Gasteiger partial charge in [0.25, 0.3) is 9.05 Å². The Morgan fingerprint density at radius 2 is 2.07 bits per heavy atom. The molecule has 1 aromatic rings. The molecule has 0 saturated carbocycles. The highest BCUT2D eigenvalue weighted by Crippen LogP contribution is 2.32. The van der Waals surface area contributed by atoms with E-state index in [4.69, 9.17) is 15.9 Å². The first-order valence-corrected chi connectivity index (χ1v) is 6.33. The fourth-order valence-corrected chi connectivity index (χ4v) is 2.53. The van der Waals surface area contributed by atoms with Crippen LogP contribution in [0.25, 0.3) is 0 Å². The summed E-state index contributed by atoms with van der Waals surface area (Å²) in [5.41, 5.74) is -0.202. The number of hydrogen-bond donors (Lipinski definition) is 1. The van der Waals surface area contributed by atoms with Crippen LogP contribution in [0.4, 0.5) is 0 Å². The van der Waals surface area contributed by atoms with Gasteiger partial charge in [-0.15, -0.1) is 0 Å². The van der Waals surface area contributed by atoms with E-state index < -0.39 is 19.7 Å². The quantitative estimate of drug-likeness (QED) is 0.804. The molecule has 0 aliphatic carbocycles. The summed E-state index contributed by atoms with van der Waals surface area (Å²) in [7, 11) is 0.932. The van der Waals surface area contributed by atoms with Crippen LogP contribution in [0.2, 0.25) is 0 Å². The lowest BCUT2D eigenvalue weighted by atomic mass is 10.2. The molecule has 0 bridgehead atoms. The molecule has 0 fully saturated rings. The standard InChI is InChI=1S/C7H3BrClNO3S/c8-5-1-4(3-10)7(6(11)2-5)14(9,12)13/h1-2,11H. The highest BCUT2D eigenvalue weighted by atomic mass is 79.9. The number of aromatic hydroxyl groups is 1. The van der Waals surface area contributed by atoms with Crippen molar-refractivity contribution in [1.82, 2.24) is 0 Å². The highest BCUT2D eigenvalue weighted by Gasteiger charge is 2.21. The molecule has 1 N–H and O–H groups in total. The maximum atomic E-state index is 11.0. The van der Waals surface area contributed by atoms with Crippen molar-refractivity contribution < 1.29 is 13.5 Å². The Balaban J connectivity index is 3.68. The van der Waals surface area contributed by atoms with Crippen LogP contribution in [0.1, 0.15) is 5.56 Å². The van der Waals surface area contributed by atoms with Crippen LogP contribution in [0.15, 0.2) is 21.5 Å². The summed E-state index contributed by atoms with van der Waals surface area (Å²) in [5, 5.41) is 17.9. The van der Waals surface area contributed by atoms with Crippen molar-refractivity contribution >= 4 is 35.7 Å². The van der Waals surface area contributed by atoms with E-state index in [1.54, 1.807) is 6.07 Å². The van der Waals surface area contributed by atoms with Gasteiger partial charge in [-0.25, -0.2) is 8.42 Å². The lowest BCUT2D eigenvalue weighted by molar-refractivity contribution is 0.459. The molecule has 0 heterocycles. The molecule has 0 unspecified atom stereocenters. The number of nitrogens with zero attached hydrogens (tertiary/aromatic N) is 1. The molecule has 0 saturated heterocycles. The molecule has 0 aromatic heterocycles. The van der Waals surface area contributed by atoms with Crippen molar-refractivity contribution in [3.8, 4) is 11.8 Å². The molecule has 74 valence electrons. The van der Waals surface area contributed by atoms with Crippen LogP contribution in [-0.2, 0) is 9.05 Å². The predicted molar refractivity (Wildman–Crippen MR) is 53.6 cm³/mol. The average molecular weight is 297 g/mol. The Kier molecular flexibility index (Phi) is 3.04.